The normalized spacial score (nSPS) is 11.1. The summed E-state index contributed by atoms with van der Waals surface area (Å²) in [5, 5.41) is 10.3. The third kappa shape index (κ3) is 5.23. The second-order valence-electron chi connectivity index (χ2n) is 5.74. The predicted molar refractivity (Wildman–Crippen MR) is 118 cm³/mol. The van der Waals surface area contributed by atoms with Crippen molar-refractivity contribution < 1.29 is 4.74 Å². The topological polar surface area (TPSA) is 33.0 Å². The van der Waals surface area contributed by atoms with Crippen LogP contribution in [0, 0.1) is 11.3 Å². The standard InChI is InChI=1S/C22H14Br2ClNO/c23-19-7-5-15(6-8-19)18(13-26)11-17-12-20(24)9-10-22(17)27-14-16-3-1-2-4-21(16)25/h1-12H,14H2/b18-11+. The van der Waals surface area contributed by atoms with Crippen molar-refractivity contribution in [1.82, 2.24) is 0 Å². The number of nitriles is 1. The SMILES string of the molecule is N#C/C(=C\c1cc(Br)ccc1OCc1ccccc1Cl)c1ccc(Br)cc1. The van der Waals surface area contributed by atoms with Crippen molar-refractivity contribution in [2.75, 3.05) is 0 Å². The first-order valence-corrected chi connectivity index (χ1v) is 10.1. The summed E-state index contributed by atoms with van der Waals surface area (Å²) in [4.78, 5) is 0. The molecule has 0 aliphatic heterocycles. The maximum Gasteiger partial charge on any atom is 0.127 e. The molecule has 0 saturated heterocycles. The molecule has 0 heterocycles. The fourth-order valence-corrected chi connectivity index (χ4v) is 3.33. The maximum atomic E-state index is 9.61. The van der Waals surface area contributed by atoms with Crippen molar-refractivity contribution in [2.45, 2.75) is 6.61 Å². The second kappa shape index (κ2) is 9.23. The van der Waals surface area contributed by atoms with Gasteiger partial charge in [-0.05, 0) is 48.0 Å². The van der Waals surface area contributed by atoms with Crippen LogP contribution in [-0.2, 0) is 6.61 Å². The molecular formula is C22H14Br2ClNO. The Hall–Kier alpha value is -2.06. The first-order valence-electron chi connectivity index (χ1n) is 8.10. The molecule has 0 radical (unpaired) electrons. The van der Waals surface area contributed by atoms with Crippen molar-refractivity contribution in [2.24, 2.45) is 0 Å². The van der Waals surface area contributed by atoms with E-state index in [1.165, 1.54) is 0 Å². The van der Waals surface area contributed by atoms with Crippen molar-refractivity contribution in [3.05, 3.63) is 97.4 Å². The molecule has 0 fully saturated rings. The van der Waals surface area contributed by atoms with Gasteiger partial charge in [0.1, 0.15) is 12.4 Å². The molecule has 0 N–H and O–H groups in total. The van der Waals surface area contributed by atoms with Gasteiger partial charge in [-0.15, -0.1) is 0 Å². The number of hydrogen-bond acceptors (Lipinski definition) is 2. The van der Waals surface area contributed by atoms with Crippen LogP contribution in [0.15, 0.2) is 75.7 Å². The Labute approximate surface area is 180 Å². The van der Waals surface area contributed by atoms with E-state index in [-0.39, 0.29) is 0 Å². The van der Waals surface area contributed by atoms with Gasteiger partial charge in [0.15, 0.2) is 0 Å². The lowest BCUT2D eigenvalue weighted by Crippen LogP contribution is -1.98. The van der Waals surface area contributed by atoms with E-state index >= 15 is 0 Å². The van der Waals surface area contributed by atoms with Gasteiger partial charge in [0.25, 0.3) is 0 Å². The Morgan fingerprint density at radius 1 is 1.00 bits per heavy atom. The van der Waals surface area contributed by atoms with Crippen molar-refractivity contribution in [1.29, 1.82) is 5.26 Å². The van der Waals surface area contributed by atoms with Gasteiger partial charge >= 0.3 is 0 Å². The summed E-state index contributed by atoms with van der Waals surface area (Å²) in [7, 11) is 0. The van der Waals surface area contributed by atoms with Gasteiger partial charge in [-0.1, -0.05) is 73.8 Å². The monoisotopic (exact) mass is 501 g/mol. The first-order chi connectivity index (χ1) is 13.1. The highest BCUT2D eigenvalue weighted by Gasteiger charge is 2.08. The van der Waals surface area contributed by atoms with Gasteiger partial charge in [-0.2, -0.15) is 5.26 Å². The molecule has 0 saturated carbocycles. The molecule has 27 heavy (non-hydrogen) atoms. The van der Waals surface area contributed by atoms with Crippen LogP contribution in [0.1, 0.15) is 16.7 Å². The summed E-state index contributed by atoms with van der Waals surface area (Å²) in [5.41, 5.74) is 3.13. The summed E-state index contributed by atoms with van der Waals surface area (Å²) in [6.07, 6.45) is 1.83. The number of ether oxygens (including phenoxy) is 1. The quantitative estimate of drug-likeness (QED) is 0.267. The molecule has 0 amide bonds. The van der Waals surface area contributed by atoms with Crippen molar-refractivity contribution in [3.8, 4) is 11.8 Å². The number of hydrogen-bond donors (Lipinski definition) is 0. The Morgan fingerprint density at radius 2 is 1.70 bits per heavy atom. The van der Waals surface area contributed by atoms with Crippen LogP contribution in [0.2, 0.25) is 5.02 Å². The summed E-state index contributed by atoms with van der Waals surface area (Å²) in [6, 6.07) is 23.2. The van der Waals surface area contributed by atoms with Crippen LogP contribution in [0.5, 0.6) is 5.75 Å². The number of halogens is 3. The molecule has 3 aromatic carbocycles. The minimum absolute atomic E-state index is 0.350. The maximum absolute atomic E-state index is 9.61. The lowest BCUT2D eigenvalue weighted by atomic mass is 10.0. The van der Waals surface area contributed by atoms with Gasteiger partial charge < -0.3 is 4.74 Å². The zero-order chi connectivity index (χ0) is 19.2. The van der Waals surface area contributed by atoms with Crippen LogP contribution >= 0.6 is 43.5 Å². The van der Waals surface area contributed by atoms with Crippen LogP contribution in [0.25, 0.3) is 11.6 Å². The average Bonchev–Trinajstić information content (AvgIpc) is 2.67. The number of nitrogens with zero attached hydrogens (tertiary/aromatic N) is 1. The summed E-state index contributed by atoms with van der Waals surface area (Å²) < 4.78 is 7.87. The fraction of sp³-hybridized carbons (Fsp3) is 0.0455. The third-order valence-electron chi connectivity index (χ3n) is 3.89. The van der Waals surface area contributed by atoms with Crippen LogP contribution in [-0.4, -0.2) is 0 Å². The van der Waals surface area contributed by atoms with E-state index in [1.807, 2.05) is 72.8 Å². The summed E-state index contributed by atoms with van der Waals surface area (Å²) in [5.74, 6) is 0.683. The molecule has 0 aliphatic rings. The molecule has 5 heteroatoms. The smallest absolute Gasteiger partial charge is 0.127 e. The van der Waals surface area contributed by atoms with Gasteiger partial charge in [-0.25, -0.2) is 0 Å². The Morgan fingerprint density at radius 3 is 2.41 bits per heavy atom. The van der Waals surface area contributed by atoms with Crippen molar-refractivity contribution >= 4 is 55.1 Å². The number of allylic oxidation sites excluding steroid dienone is 1. The van der Waals surface area contributed by atoms with Crippen LogP contribution in [0.3, 0.4) is 0 Å². The highest BCUT2D eigenvalue weighted by atomic mass is 79.9. The van der Waals surface area contributed by atoms with Crippen LogP contribution in [0.4, 0.5) is 0 Å². The second-order valence-corrected chi connectivity index (χ2v) is 7.98. The van der Waals surface area contributed by atoms with E-state index in [1.54, 1.807) is 0 Å². The molecule has 2 nitrogen and oxygen atoms in total. The lowest BCUT2D eigenvalue weighted by molar-refractivity contribution is 0.305. The highest BCUT2D eigenvalue weighted by Crippen LogP contribution is 2.29. The number of rotatable bonds is 5. The molecule has 0 unspecified atom stereocenters. The number of benzene rings is 3. The highest BCUT2D eigenvalue weighted by molar-refractivity contribution is 9.10. The van der Waals surface area contributed by atoms with Crippen molar-refractivity contribution in [3.63, 3.8) is 0 Å². The van der Waals surface area contributed by atoms with E-state index in [0.717, 1.165) is 25.6 Å². The lowest BCUT2D eigenvalue weighted by Gasteiger charge is -2.11. The molecule has 0 spiro atoms. The zero-order valence-electron chi connectivity index (χ0n) is 14.1. The van der Waals surface area contributed by atoms with E-state index in [0.29, 0.717) is 23.0 Å². The third-order valence-corrected chi connectivity index (χ3v) is 5.28. The minimum Gasteiger partial charge on any atom is -0.488 e. The zero-order valence-corrected chi connectivity index (χ0v) is 18.1. The van der Waals surface area contributed by atoms with Gasteiger partial charge in [0, 0.05) is 25.1 Å². The van der Waals surface area contributed by atoms with Gasteiger partial charge in [0.2, 0.25) is 0 Å². The molecule has 0 atom stereocenters. The molecule has 3 aromatic rings. The molecule has 3 rings (SSSR count). The molecule has 0 aliphatic carbocycles. The average molecular weight is 504 g/mol. The van der Waals surface area contributed by atoms with Gasteiger partial charge in [-0.3, -0.25) is 0 Å². The summed E-state index contributed by atoms with van der Waals surface area (Å²) in [6.45, 7) is 0.350. The Balaban J connectivity index is 1.92. The molecule has 0 bridgehead atoms. The van der Waals surface area contributed by atoms with Gasteiger partial charge in [0.05, 0.1) is 11.6 Å². The molecule has 0 aromatic heterocycles. The first kappa shape index (κ1) is 19.7. The van der Waals surface area contributed by atoms with E-state index in [4.69, 9.17) is 16.3 Å². The molecule has 134 valence electrons. The Bertz CT molecular complexity index is 1020. The minimum atomic E-state index is 0.350. The molecular weight excluding hydrogens is 490 g/mol. The van der Waals surface area contributed by atoms with Crippen LogP contribution < -0.4 is 4.74 Å². The largest absolute Gasteiger partial charge is 0.488 e. The van der Waals surface area contributed by atoms with E-state index < -0.39 is 0 Å². The fourth-order valence-electron chi connectivity index (χ4n) is 2.50. The van der Waals surface area contributed by atoms with E-state index in [9.17, 15) is 5.26 Å². The predicted octanol–water partition coefficient (Wildman–Crippen LogP) is 7.51. The Kier molecular flexibility index (Phi) is 6.73. The summed E-state index contributed by atoms with van der Waals surface area (Å²) >= 11 is 13.1. The van der Waals surface area contributed by atoms with E-state index in [2.05, 4.69) is 37.9 Å².